The maximum absolute atomic E-state index is 4.66. The van der Waals surface area contributed by atoms with Crippen LogP contribution in [0.2, 0.25) is 0 Å². The van der Waals surface area contributed by atoms with Crippen molar-refractivity contribution < 1.29 is 0 Å². The maximum atomic E-state index is 4.66. The first-order chi connectivity index (χ1) is 13.2. The molecule has 0 aliphatic heterocycles. The van der Waals surface area contributed by atoms with Crippen molar-refractivity contribution in [1.82, 2.24) is 15.0 Å². The Balaban J connectivity index is 1.68. The standard InChI is InChI=1S/C25H27N3/c1-24(2,3)19-12-18-11-17(8-9-21(18)27-15-19)14-25(4,5)20-13-23-22(28-16-20)7-6-10-26-23/h6-13,15-16H,14H2,1-5H3. The molecular weight excluding hydrogens is 342 g/mol. The van der Waals surface area contributed by atoms with Crippen LogP contribution >= 0.6 is 0 Å². The lowest BCUT2D eigenvalue weighted by Gasteiger charge is -2.25. The summed E-state index contributed by atoms with van der Waals surface area (Å²) in [4.78, 5) is 13.7. The Morgan fingerprint density at radius 2 is 1.46 bits per heavy atom. The van der Waals surface area contributed by atoms with E-state index < -0.39 is 0 Å². The molecule has 0 atom stereocenters. The average Bonchev–Trinajstić information content (AvgIpc) is 2.66. The fraction of sp³-hybridized carbons (Fsp3) is 0.320. The quantitative estimate of drug-likeness (QED) is 0.445. The van der Waals surface area contributed by atoms with E-state index in [-0.39, 0.29) is 10.8 Å². The van der Waals surface area contributed by atoms with Crippen molar-refractivity contribution in [1.29, 1.82) is 0 Å². The fourth-order valence-electron chi connectivity index (χ4n) is 3.64. The van der Waals surface area contributed by atoms with Crippen LogP contribution in [0.5, 0.6) is 0 Å². The summed E-state index contributed by atoms with van der Waals surface area (Å²) >= 11 is 0. The van der Waals surface area contributed by atoms with Crippen LogP contribution in [0.3, 0.4) is 0 Å². The average molecular weight is 370 g/mol. The molecule has 0 aliphatic rings. The van der Waals surface area contributed by atoms with Crippen molar-refractivity contribution in [3.63, 3.8) is 0 Å². The molecule has 0 saturated carbocycles. The number of hydrogen-bond donors (Lipinski definition) is 0. The SMILES string of the molecule is CC(C)(C)c1cnc2ccc(CC(C)(C)c3cnc4cccnc4c3)cc2c1. The van der Waals surface area contributed by atoms with Crippen molar-refractivity contribution >= 4 is 21.9 Å². The highest BCUT2D eigenvalue weighted by Gasteiger charge is 2.23. The second-order valence-corrected chi connectivity index (χ2v) is 9.33. The minimum Gasteiger partial charge on any atom is -0.256 e. The number of fused-ring (bicyclic) bond motifs is 2. The van der Waals surface area contributed by atoms with Crippen LogP contribution in [-0.4, -0.2) is 15.0 Å². The smallest absolute Gasteiger partial charge is 0.0889 e. The highest BCUT2D eigenvalue weighted by atomic mass is 14.7. The Kier molecular flexibility index (Phi) is 4.41. The molecule has 0 fully saturated rings. The Morgan fingerprint density at radius 1 is 0.714 bits per heavy atom. The van der Waals surface area contributed by atoms with E-state index in [2.05, 4.69) is 79.9 Å². The minimum atomic E-state index is -0.0402. The molecule has 3 heteroatoms. The first kappa shape index (κ1) is 18.5. The molecule has 0 aliphatic carbocycles. The molecule has 3 heterocycles. The van der Waals surface area contributed by atoms with Crippen molar-refractivity contribution in [3.05, 3.63) is 77.7 Å². The van der Waals surface area contributed by atoms with E-state index in [1.54, 1.807) is 0 Å². The zero-order chi connectivity index (χ0) is 19.9. The molecule has 0 radical (unpaired) electrons. The molecule has 0 amide bonds. The summed E-state index contributed by atoms with van der Waals surface area (Å²) in [5.74, 6) is 0. The van der Waals surface area contributed by atoms with Crippen LogP contribution in [0.1, 0.15) is 51.3 Å². The summed E-state index contributed by atoms with van der Waals surface area (Å²) in [6, 6.07) is 15.0. The van der Waals surface area contributed by atoms with E-state index in [0.717, 1.165) is 23.0 Å². The lowest BCUT2D eigenvalue weighted by atomic mass is 9.79. The molecule has 0 spiro atoms. The molecule has 4 rings (SSSR count). The topological polar surface area (TPSA) is 38.7 Å². The maximum Gasteiger partial charge on any atom is 0.0889 e. The number of aromatic nitrogens is 3. The van der Waals surface area contributed by atoms with Gasteiger partial charge < -0.3 is 0 Å². The molecule has 3 nitrogen and oxygen atoms in total. The third-order valence-corrected chi connectivity index (χ3v) is 5.49. The van der Waals surface area contributed by atoms with Gasteiger partial charge in [-0.2, -0.15) is 0 Å². The van der Waals surface area contributed by atoms with E-state index in [1.807, 2.05) is 30.7 Å². The second-order valence-electron chi connectivity index (χ2n) is 9.33. The molecule has 0 bridgehead atoms. The fourth-order valence-corrected chi connectivity index (χ4v) is 3.64. The number of rotatable bonds is 3. The Labute approximate surface area is 166 Å². The van der Waals surface area contributed by atoms with Gasteiger partial charge >= 0.3 is 0 Å². The monoisotopic (exact) mass is 369 g/mol. The van der Waals surface area contributed by atoms with E-state index in [9.17, 15) is 0 Å². The van der Waals surface area contributed by atoms with E-state index >= 15 is 0 Å². The van der Waals surface area contributed by atoms with Gasteiger partial charge in [0.15, 0.2) is 0 Å². The first-order valence-corrected chi connectivity index (χ1v) is 9.83. The van der Waals surface area contributed by atoms with Gasteiger partial charge in [-0.15, -0.1) is 0 Å². The van der Waals surface area contributed by atoms with Crippen LogP contribution < -0.4 is 0 Å². The summed E-state index contributed by atoms with van der Waals surface area (Å²) in [6.45, 7) is 11.2. The summed E-state index contributed by atoms with van der Waals surface area (Å²) in [6.07, 6.45) is 6.75. The Hall–Kier alpha value is -2.81. The van der Waals surface area contributed by atoms with Gasteiger partial charge in [0.25, 0.3) is 0 Å². The third kappa shape index (κ3) is 3.62. The summed E-state index contributed by atoms with van der Waals surface area (Å²) in [5, 5.41) is 1.21. The third-order valence-electron chi connectivity index (χ3n) is 5.49. The lowest BCUT2D eigenvalue weighted by molar-refractivity contribution is 0.521. The number of benzene rings is 1. The molecule has 0 N–H and O–H groups in total. The highest BCUT2D eigenvalue weighted by molar-refractivity contribution is 5.80. The van der Waals surface area contributed by atoms with Crippen molar-refractivity contribution in [2.75, 3.05) is 0 Å². The van der Waals surface area contributed by atoms with Crippen LogP contribution in [0, 0.1) is 0 Å². The van der Waals surface area contributed by atoms with Gasteiger partial charge in [-0.05, 0) is 70.3 Å². The van der Waals surface area contributed by atoms with E-state index in [1.165, 1.54) is 22.1 Å². The van der Waals surface area contributed by atoms with Crippen molar-refractivity contribution in [3.8, 4) is 0 Å². The van der Waals surface area contributed by atoms with Gasteiger partial charge in [-0.25, -0.2) is 0 Å². The normalized spacial score (nSPS) is 12.6. The number of nitrogens with zero attached hydrogens (tertiary/aromatic N) is 3. The molecule has 4 aromatic rings. The zero-order valence-electron chi connectivity index (χ0n) is 17.3. The van der Waals surface area contributed by atoms with Crippen LogP contribution in [0.25, 0.3) is 21.9 Å². The van der Waals surface area contributed by atoms with Crippen molar-refractivity contribution in [2.45, 2.75) is 51.9 Å². The van der Waals surface area contributed by atoms with Crippen LogP contribution in [0.4, 0.5) is 0 Å². The van der Waals surface area contributed by atoms with Gasteiger partial charge in [0, 0.05) is 24.0 Å². The van der Waals surface area contributed by atoms with Crippen LogP contribution in [-0.2, 0) is 17.3 Å². The van der Waals surface area contributed by atoms with Gasteiger partial charge in [-0.1, -0.05) is 40.7 Å². The molecule has 142 valence electrons. The Bertz CT molecular complexity index is 1150. The molecule has 3 aromatic heterocycles. The highest BCUT2D eigenvalue weighted by Crippen LogP contribution is 2.31. The van der Waals surface area contributed by atoms with Crippen LogP contribution in [0.15, 0.2) is 61.1 Å². The number of pyridine rings is 3. The molecule has 0 saturated heterocycles. The molecular formula is C25H27N3. The minimum absolute atomic E-state index is 0.0402. The van der Waals surface area contributed by atoms with Gasteiger partial charge in [0.05, 0.1) is 16.6 Å². The first-order valence-electron chi connectivity index (χ1n) is 9.83. The summed E-state index contributed by atoms with van der Waals surface area (Å²) < 4.78 is 0. The predicted octanol–water partition coefficient (Wildman–Crippen LogP) is 6.00. The molecule has 1 aromatic carbocycles. The van der Waals surface area contributed by atoms with E-state index in [4.69, 9.17) is 0 Å². The van der Waals surface area contributed by atoms with Gasteiger partial charge in [0.2, 0.25) is 0 Å². The summed E-state index contributed by atoms with van der Waals surface area (Å²) in [5.41, 5.74) is 6.78. The summed E-state index contributed by atoms with van der Waals surface area (Å²) in [7, 11) is 0. The lowest BCUT2D eigenvalue weighted by Crippen LogP contribution is -2.21. The largest absolute Gasteiger partial charge is 0.256 e. The van der Waals surface area contributed by atoms with Crippen molar-refractivity contribution in [2.24, 2.45) is 0 Å². The van der Waals surface area contributed by atoms with Gasteiger partial charge in [-0.3, -0.25) is 15.0 Å². The molecule has 28 heavy (non-hydrogen) atoms. The number of hydrogen-bond acceptors (Lipinski definition) is 3. The van der Waals surface area contributed by atoms with Gasteiger partial charge in [0.1, 0.15) is 0 Å². The zero-order valence-corrected chi connectivity index (χ0v) is 17.3. The predicted molar refractivity (Wildman–Crippen MR) is 117 cm³/mol. The second kappa shape index (κ2) is 6.66. The molecule has 0 unspecified atom stereocenters. The Morgan fingerprint density at radius 3 is 2.25 bits per heavy atom. The van der Waals surface area contributed by atoms with E-state index in [0.29, 0.717) is 0 Å².